The van der Waals surface area contributed by atoms with Crippen LogP contribution in [-0.4, -0.2) is 41.5 Å². The van der Waals surface area contributed by atoms with Crippen molar-refractivity contribution in [3.63, 3.8) is 0 Å². The van der Waals surface area contributed by atoms with E-state index in [9.17, 15) is 14.4 Å². The second-order valence-electron chi connectivity index (χ2n) is 7.41. The van der Waals surface area contributed by atoms with Crippen molar-refractivity contribution in [1.82, 2.24) is 4.98 Å². The molecule has 0 atom stereocenters. The van der Waals surface area contributed by atoms with E-state index in [-0.39, 0.29) is 15.9 Å². The van der Waals surface area contributed by atoms with E-state index in [4.69, 9.17) is 14.2 Å². The number of hydrogen-bond donors (Lipinski definition) is 0. The van der Waals surface area contributed by atoms with Gasteiger partial charge in [-0.3, -0.25) is 0 Å². The van der Waals surface area contributed by atoms with Gasteiger partial charge in [-0.05, 0) is 79.5 Å². The number of nitrogens with zero attached hydrogens (tertiary/aromatic N) is 2. The molecule has 0 radical (unpaired) electrons. The van der Waals surface area contributed by atoms with Crippen molar-refractivity contribution < 1.29 is 28.6 Å². The maximum absolute atomic E-state index is 12.8. The number of pyridine rings is 1. The number of anilines is 1. The summed E-state index contributed by atoms with van der Waals surface area (Å²) in [5.41, 5.74) is -2.19. The number of halogens is 2. The molecule has 0 aromatic carbocycles. The molecule has 10 heteroatoms. The Labute approximate surface area is 174 Å². The van der Waals surface area contributed by atoms with Gasteiger partial charge in [-0.1, -0.05) is 0 Å². The number of esters is 1. The predicted molar refractivity (Wildman–Crippen MR) is 106 cm³/mol. The van der Waals surface area contributed by atoms with E-state index < -0.39 is 29.4 Å². The number of rotatable bonds is 2. The lowest BCUT2D eigenvalue weighted by Crippen LogP contribution is -2.44. The van der Waals surface area contributed by atoms with Gasteiger partial charge >= 0.3 is 18.2 Å². The van der Waals surface area contributed by atoms with Crippen LogP contribution in [0.25, 0.3) is 0 Å². The zero-order valence-corrected chi connectivity index (χ0v) is 19.3. The number of carbonyl (C=O) groups excluding carboxylic acids is 3. The van der Waals surface area contributed by atoms with Crippen LogP contribution >= 0.6 is 31.9 Å². The molecule has 0 saturated carbocycles. The predicted octanol–water partition coefficient (Wildman–Crippen LogP) is 5.07. The quantitative estimate of drug-likeness (QED) is 0.312. The molecule has 0 unspecified atom stereocenters. The summed E-state index contributed by atoms with van der Waals surface area (Å²) >= 11 is 6.42. The van der Waals surface area contributed by atoms with E-state index in [2.05, 4.69) is 36.8 Å². The number of imide groups is 1. The fourth-order valence-corrected chi connectivity index (χ4v) is 3.10. The van der Waals surface area contributed by atoms with Crippen LogP contribution in [0, 0.1) is 0 Å². The average molecular weight is 510 g/mol. The van der Waals surface area contributed by atoms with Crippen LogP contribution in [0.5, 0.6) is 0 Å². The fraction of sp³-hybridized carbons (Fsp3) is 0.529. The molecular formula is C17H22Br2N2O6. The van der Waals surface area contributed by atoms with E-state index in [1.807, 2.05) is 0 Å². The molecule has 0 aliphatic rings. The molecule has 0 spiro atoms. The van der Waals surface area contributed by atoms with Gasteiger partial charge in [0, 0.05) is 4.47 Å². The molecule has 27 heavy (non-hydrogen) atoms. The van der Waals surface area contributed by atoms with Gasteiger partial charge in [-0.15, -0.1) is 0 Å². The topological polar surface area (TPSA) is 95.0 Å². The first-order valence-electron chi connectivity index (χ1n) is 7.86. The number of methoxy groups -OCH3 is 1. The van der Waals surface area contributed by atoms with Gasteiger partial charge in [0.05, 0.1) is 7.11 Å². The van der Waals surface area contributed by atoms with Crippen LogP contribution in [-0.2, 0) is 14.2 Å². The Morgan fingerprint density at radius 3 is 1.78 bits per heavy atom. The Morgan fingerprint density at radius 1 is 0.963 bits per heavy atom. The molecule has 1 heterocycles. The number of amides is 2. The van der Waals surface area contributed by atoms with Crippen LogP contribution in [0.2, 0.25) is 0 Å². The molecule has 0 aliphatic carbocycles. The van der Waals surface area contributed by atoms with Gasteiger partial charge in [0.1, 0.15) is 21.5 Å². The van der Waals surface area contributed by atoms with Crippen LogP contribution in [0.1, 0.15) is 52.0 Å². The zero-order chi connectivity index (χ0) is 21.2. The highest BCUT2D eigenvalue weighted by atomic mass is 79.9. The Kier molecular flexibility index (Phi) is 7.40. The molecule has 150 valence electrons. The molecule has 2 amide bonds. The lowest BCUT2D eigenvalue weighted by Gasteiger charge is -2.29. The third kappa shape index (κ3) is 6.76. The Balaban J connectivity index is 3.62. The van der Waals surface area contributed by atoms with Crippen LogP contribution in [0.4, 0.5) is 15.3 Å². The Hall–Kier alpha value is -1.68. The third-order valence-electron chi connectivity index (χ3n) is 2.67. The molecule has 1 rings (SSSR count). The van der Waals surface area contributed by atoms with Crippen molar-refractivity contribution in [3.8, 4) is 0 Å². The summed E-state index contributed by atoms with van der Waals surface area (Å²) < 4.78 is 15.9. The van der Waals surface area contributed by atoms with Crippen LogP contribution in [0.15, 0.2) is 15.1 Å². The van der Waals surface area contributed by atoms with Crippen molar-refractivity contribution in [2.45, 2.75) is 52.7 Å². The molecule has 1 aromatic rings. The van der Waals surface area contributed by atoms with Crippen molar-refractivity contribution in [2.24, 2.45) is 0 Å². The van der Waals surface area contributed by atoms with E-state index >= 15 is 0 Å². The number of hydrogen-bond acceptors (Lipinski definition) is 7. The highest BCUT2D eigenvalue weighted by Crippen LogP contribution is 2.34. The maximum atomic E-state index is 12.8. The highest BCUT2D eigenvalue weighted by Gasteiger charge is 2.37. The zero-order valence-electron chi connectivity index (χ0n) is 16.2. The molecule has 0 N–H and O–H groups in total. The second kappa shape index (κ2) is 8.55. The molecule has 1 aromatic heterocycles. The second-order valence-corrected chi connectivity index (χ2v) is 9.08. The first kappa shape index (κ1) is 23.4. The van der Waals surface area contributed by atoms with E-state index in [0.717, 1.165) is 7.11 Å². The SMILES string of the molecule is COC(=O)c1nc(Br)cc(Br)c1N(C(=O)OC(C)(C)C)C(=O)OC(C)(C)C. The first-order chi connectivity index (χ1) is 12.2. The number of aromatic nitrogens is 1. The summed E-state index contributed by atoms with van der Waals surface area (Å²) in [6.07, 6.45) is -2.04. The van der Waals surface area contributed by atoms with Gasteiger partial charge in [-0.25, -0.2) is 19.4 Å². The summed E-state index contributed by atoms with van der Waals surface area (Å²) in [5.74, 6) is -0.843. The highest BCUT2D eigenvalue weighted by molar-refractivity contribution is 9.11. The maximum Gasteiger partial charge on any atom is 0.424 e. The lowest BCUT2D eigenvalue weighted by molar-refractivity contribution is 0.0430. The average Bonchev–Trinajstić information content (AvgIpc) is 2.44. The van der Waals surface area contributed by atoms with Crippen molar-refractivity contribution in [2.75, 3.05) is 12.0 Å². The Bertz CT molecular complexity index is 725. The minimum atomic E-state index is -1.02. The van der Waals surface area contributed by atoms with Gasteiger partial charge in [0.2, 0.25) is 0 Å². The van der Waals surface area contributed by atoms with Gasteiger partial charge in [0.25, 0.3) is 0 Å². The summed E-state index contributed by atoms with van der Waals surface area (Å²) in [6.45, 7) is 9.88. The smallest absolute Gasteiger partial charge is 0.424 e. The van der Waals surface area contributed by atoms with Crippen LogP contribution in [0.3, 0.4) is 0 Å². The molecule has 8 nitrogen and oxygen atoms in total. The van der Waals surface area contributed by atoms with Crippen molar-refractivity contribution >= 4 is 55.7 Å². The molecular weight excluding hydrogens is 488 g/mol. The molecule has 0 fully saturated rings. The summed E-state index contributed by atoms with van der Waals surface area (Å²) in [4.78, 5) is 42.4. The summed E-state index contributed by atoms with van der Waals surface area (Å²) in [6, 6.07) is 1.48. The third-order valence-corrected chi connectivity index (χ3v) is 3.68. The standard InChI is InChI=1S/C17H22Br2N2O6/c1-16(2,3)26-14(23)21(15(24)27-17(4,5)6)12-9(18)8-10(19)20-11(12)13(22)25-7/h8H,1-7H3. The van der Waals surface area contributed by atoms with E-state index in [1.165, 1.54) is 6.07 Å². The number of ether oxygens (including phenoxy) is 3. The minimum absolute atomic E-state index is 0.145. The monoisotopic (exact) mass is 508 g/mol. The summed E-state index contributed by atoms with van der Waals surface area (Å²) in [5, 5.41) is 0. The molecule has 0 saturated heterocycles. The lowest BCUT2D eigenvalue weighted by atomic mass is 10.2. The van der Waals surface area contributed by atoms with Crippen molar-refractivity contribution in [1.29, 1.82) is 0 Å². The van der Waals surface area contributed by atoms with Gasteiger partial charge < -0.3 is 14.2 Å². The van der Waals surface area contributed by atoms with Gasteiger partial charge in [0.15, 0.2) is 5.69 Å². The van der Waals surface area contributed by atoms with Crippen LogP contribution < -0.4 is 4.90 Å². The largest absolute Gasteiger partial charge is 0.464 e. The van der Waals surface area contributed by atoms with Crippen molar-refractivity contribution in [3.05, 3.63) is 20.8 Å². The van der Waals surface area contributed by atoms with Gasteiger partial charge in [-0.2, -0.15) is 4.90 Å². The first-order valence-corrected chi connectivity index (χ1v) is 9.45. The molecule has 0 aliphatic heterocycles. The fourth-order valence-electron chi connectivity index (χ4n) is 1.80. The normalized spacial score (nSPS) is 11.6. The van der Waals surface area contributed by atoms with E-state index in [1.54, 1.807) is 41.5 Å². The minimum Gasteiger partial charge on any atom is -0.464 e. The summed E-state index contributed by atoms with van der Waals surface area (Å²) in [7, 11) is 1.16. The molecule has 0 bridgehead atoms. The number of carbonyl (C=O) groups is 3. The Morgan fingerprint density at radius 2 is 1.41 bits per heavy atom. The van der Waals surface area contributed by atoms with E-state index in [0.29, 0.717) is 9.50 Å².